The molecule has 0 aliphatic carbocycles. The molecule has 46 valence electrons. The fourth-order valence-corrected chi connectivity index (χ4v) is 0.290. The Kier molecular flexibility index (Phi) is 2.89. The summed E-state index contributed by atoms with van der Waals surface area (Å²) >= 11 is 4.35. The first-order valence-corrected chi connectivity index (χ1v) is 4.38. The summed E-state index contributed by atoms with van der Waals surface area (Å²) in [5.41, 5.74) is 0. The van der Waals surface area contributed by atoms with E-state index in [0.717, 1.165) is 0 Å². The molecule has 0 heterocycles. The molecule has 0 saturated heterocycles. The van der Waals surface area contributed by atoms with Crippen LogP contribution >= 0.6 is 6.49 Å². The van der Waals surface area contributed by atoms with Gasteiger partial charge in [-0.3, -0.25) is 5.09 Å². The van der Waals surface area contributed by atoms with Crippen molar-refractivity contribution in [2.75, 3.05) is 7.05 Å². The van der Waals surface area contributed by atoms with Crippen molar-refractivity contribution in [3.63, 3.8) is 0 Å². The topological polar surface area (TPSA) is 70.9 Å². The molecule has 0 aliphatic rings. The minimum absolute atomic E-state index is 1.38. The summed E-state index contributed by atoms with van der Waals surface area (Å²) in [7, 11) is 1.38. The van der Waals surface area contributed by atoms with Gasteiger partial charge in [0.15, 0.2) is 0 Å². The maximum absolute atomic E-state index is 9.63. The molecular weight excluding hydrogens is 149 g/mol. The van der Waals surface area contributed by atoms with E-state index in [4.69, 9.17) is 0 Å². The highest BCUT2D eigenvalue weighted by atomic mass is 32.4. The van der Waals surface area contributed by atoms with Crippen LogP contribution < -0.4 is 5.09 Å². The third-order valence-corrected chi connectivity index (χ3v) is 2.49. The summed E-state index contributed by atoms with van der Waals surface area (Å²) < 4.78 is 0. The molecule has 0 unspecified atom stereocenters. The summed E-state index contributed by atoms with van der Waals surface area (Å²) in [5, 5.41) is 2.25. The van der Waals surface area contributed by atoms with E-state index in [1.165, 1.54) is 7.05 Å². The van der Waals surface area contributed by atoms with Crippen LogP contribution in [-0.2, 0) is 11.8 Å². The zero-order chi connectivity index (χ0) is 6.62. The Morgan fingerprint density at radius 3 is 1.88 bits per heavy atom. The molecule has 0 atom stereocenters. The first kappa shape index (κ1) is 7.81. The zero-order valence-corrected chi connectivity index (χ0v) is 5.78. The van der Waals surface area contributed by atoms with Gasteiger partial charge in [0, 0.05) is 9.89 Å². The molecule has 7 heteroatoms. The van der Waals surface area contributed by atoms with E-state index in [9.17, 15) is 9.81 Å². The lowest BCUT2D eigenvalue weighted by Gasteiger charge is -1.96. The van der Waals surface area contributed by atoms with E-state index in [-0.39, 0.29) is 0 Å². The summed E-state index contributed by atoms with van der Waals surface area (Å²) in [6.07, 6.45) is 0. The zero-order valence-electron chi connectivity index (χ0n) is 4.07. The maximum Gasteiger partial charge on any atom is 0.311 e. The van der Waals surface area contributed by atoms with E-state index >= 15 is 0 Å². The van der Waals surface area contributed by atoms with Gasteiger partial charge in [-0.25, -0.2) is 0 Å². The molecule has 0 aromatic heterocycles. The van der Waals surface area contributed by atoms with E-state index in [1.807, 2.05) is 0 Å². The van der Waals surface area contributed by atoms with Crippen molar-refractivity contribution >= 4 is 18.3 Å². The predicted octanol–water partition coefficient (Wildman–Crippen LogP) is 0.963. The number of nitrogens with zero attached hydrogens (tertiary/aromatic N) is 2. The number of hydrogen-bond acceptors (Lipinski definition) is 3. The minimum atomic E-state index is -2.94. The first-order valence-electron chi connectivity index (χ1n) is 1.67. The Hall–Kier alpha value is -0.190. The Morgan fingerprint density at radius 2 is 1.88 bits per heavy atom. The van der Waals surface area contributed by atoms with E-state index < -0.39 is 6.49 Å². The highest BCUT2D eigenvalue weighted by molar-refractivity contribution is 8.12. The van der Waals surface area contributed by atoms with Crippen molar-refractivity contribution in [1.29, 1.82) is 0 Å². The molecule has 0 bridgehead atoms. The van der Waals surface area contributed by atoms with Crippen molar-refractivity contribution in [3.05, 3.63) is 9.81 Å². The summed E-state index contributed by atoms with van der Waals surface area (Å²) in [6, 6.07) is 0. The fraction of sp³-hybridized carbons (Fsp3) is 1.00. The number of hydrogen-bond donors (Lipinski definition) is 1. The Labute approximate surface area is 51.0 Å². The lowest BCUT2D eigenvalue weighted by molar-refractivity contribution is 1.23. The van der Waals surface area contributed by atoms with Gasteiger partial charge in [-0.15, -0.1) is 9.81 Å². The Morgan fingerprint density at radius 1 is 1.50 bits per heavy atom. The second-order valence-corrected chi connectivity index (χ2v) is 4.32. The molecule has 8 heavy (non-hydrogen) atoms. The van der Waals surface area contributed by atoms with Crippen molar-refractivity contribution < 1.29 is 0 Å². The van der Waals surface area contributed by atoms with Crippen molar-refractivity contribution in [2.45, 2.75) is 0 Å². The monoisotopic (exact) mass is 153 g/mol. The SMILES string of the molecule is CNP(=S)(N=O)N=O. The average molecular weight is 153 g/mol. The van der Waals surface area contributed by atoms with Gasteiger partial charge in [0.25, 0.3) is 0 Å². The molecule has 0 radical (unpaired) electrons. The molecule has 0 fully saturated rings. The lowest BCUT2D eigenvalue weighted by Crippen LogP contribution is -1.95. The van der Waals surface area contributed by atoms with Crippen molar-refractivity contribution in [1.82, 2.24) is 5.09 Å². The second kappa shape index (κ2) is 2.96. The van der Waals surface area contributed by atoms with Gasteiger partial charge < -0.3 is 0 Å². The van der Waals surface area contributed by atoms with E-state index in [2.05, 4.69) is 26.8 Å². The summed E-state index contributed by atoms with van der Waals surface area (Å²) in [5.74, 6) is 0. The van der Waals surface area contributed by atoms with Gasteiger partial charge in [-0.2, -0.15) is 0 Å². The lowest BCUT2D eigenvalue weighted by atomic mass is 11.6. The van der Waals surface area contributed by atoms with Crippen LogP contribution in [0.1, 0.15) is 0 Å². The van der Waals surface area contributed by atoms with Crippen molar-refractivity contribution in [2.24, 2.45) is 9.89 Å². The highest BCUT2D eigenvalue weighted by Crippen LogP contribution is 2.42. The summed E-state index contributed by atoms with van der Waals surface area (Å²) in [4.78, 5) is 23.9. The third kappa shape index (κ3) is 1.73. The van der Waals surface area contributed by atoms with Crippen LogP contribution in [0, 0.1) is 9.81 Å². The molecule has 0 aromatic rings. The molecule has 0 saturated carbocycles. The van der Waals surface area contributed by atoms with Crippen LogP contribution in [0.5, 0.6) is 0 Å². The first-order chi connectivity index (χ1) is 3.68. The number of rotatable bonds is 3. The van der Waals surface area contributed by atoms with Crippen LogP contribution in [-0.4, -0.2) is 7.05 Å². The maximum atomic E-state index is 9.63. The normalized spacial score (nSPS) is 10.6. The largest absolute Gasteiger partial charge is 0.311 e. The van der Waals surface area contributed by atoms with Crippen LogP contribution in [0.3, 0.4) is 0 Å². The molecule has 0 aliphatic heterocycles. The standard InChI is InChI=1S/CH4N3O2PS/c1-2-7(8,3-5)4-6/h1H3,(H,2,8). The third-order valence-electron chi connectivity index (χ3n) is 0.513. The summed E-state index contributed by atoms with van der Waals surface area (Å²) in [6.45, 7) is -2.94. The Bertz CT molecular complexity index is 134. The van der Waals surface area contributed by atoms with Gasteiger partial charge in [-0.1, -0.05) is 0 Å². The second-order valence-electron chi connectivity index (χ2n) is 0.931. The van der Waals surface area contributed by atoms with Crippen molar-refractivity contribution in [3.8, 4) is 0 Å². The molecule has 0 amide bonds. The number of nitroso groups, excluding NO2 is 2. The predicted molar refractivity (Wildman–Crippen MR) is 34.9 cm³/mol. The van der Waals surface area contributed by atoms with Gasteiger partial charge >= 0.3 is 6.49 Å². The molecule has 0 aromatic carbocycles. The van der Waals surface area contributed by atoms with E-state index in [1.54, 1.807) is 0 Å². The van der Waals surface area contributed by atoms with Gasteiger partial charge in [0.05, 0.1) is 0 Å². The van der Waals surface area contributed by atoms with Gasteiger partial charge in [0.2, 0.25) is 0 Å². The quantitative estimate of drug-likeness (QED) is 0.484. The molecular formula is CH4N3O2PS. The van der Waals surface area contributed by atoms with Crippen LogP contribution in [0.2, 0.25) is 0 Å². The molecule has 0 spiro atoms. The highest BCUT2D eigenvalue weighted by Gasteiger charge is 2.13. The molecule has 1 N–H and O–H groups in total. The smallest absolute Gasteiger partial charge is 0.252 e. The van der Waals surface area contributed by atoms with Crippen LogP contribution in [0.25, 0.3) is 0 Å². The minimum Gasteiger partial charge on any atom is -0.252 e. The van der Waals surface area contributed by atoms with Gasteiger partial charge in [-0.05, 0) is 18.9 Å². The fourth-order valence-electron chi connectivity index (χ4n) is 0.0966. The van der Waals surface area contributed by atoms with E-state index in [0.29, 0.717) is 0 Å². The van der Waals surface area contributed by atoms with Crippen LogP contribution in [0.4, 0.5) is 0 Å². The average Bonchev–Trinajstić information content (AvgIpc) is 1.87. The molecule has 0 rings (SSSR count). The number of nitrogens with one attached hydrogen (secondary N) is 1. The Balaban J connectivity index is 4.21. The molecule has 5 nitrogen and oxygen atoms in total. The van der Waals surface area contributed by atoms with Gasteiger partial charge in [0.1, 0.15) is 0 Å². The van der Waals surface area contributed by atoms with Crippen LogP contribution in [0.15, 0.2) is 9.89 Å².